The number of methoxy groups -OCH3 is 1. The van der Waals surface area contributed by atoms with Gasteiger partial charge in [0.05, 0.1) is 19.1 Å². The normalized spacial score (nSPS) is 14.4. The van der Waals surface area contributed by atoms with Gasteiger partial charge in [0.15, 0.2) is 0 Å². The number of ether oxygens (including phenoxy) is 1. The molecule has 0 aromatic heterocycles. The van der Waals surface area contributed by atoms with E-state index in [1.807, 2.05) is 0 Å². The first-order valence-corrected chi connectivity index (χ1v) is 6.70. The second-order valence-corrected chi connectivity index (χ2v) is 5.21. The Balaban J connectivity index is 0. The number of nitrogens with zero attached hydrogens (tertiary/aromatic N) is 2. The van der Waals surface area contributed by atoms with Crippen molar-refractivity contribution in [2.45, 2.75) is 17.6 Å². The van der Waals surface area contributed by atoms with Crippen LogP contribution in [0.5, 0.6) is 0 Å². The molecular weight excluding hydrogens is 331 g/mol. The van der Waals surface area contributed by atoms with E-state index in [0.717, 1.165) is 7.11 Å². The minimum Gasteiger partial charge on any atom is -0.745 e. The first-order valence-electron chi connectivity index (χ1n) is 5.29. The van der Waals surface area contributed by atoms with E-state index in [1.165, 1.54) is 6.07 Å². The van der Waals surface area contributed by atoms with Gasteiger partial charge in [-0.05, 0) is 0 Å². The summed E-state index contributed by atoms with van der Waals surface area (Å²) in [6, 6.07) is 1.49. The predicted molar refractivity (Wildman–Crippen MR) is 58.3 cm³/mol. The second-order valence-electron chi connectivity index (χ2n) is 3.74. The van der Waals surface area contributed by atoms with Gasteiger partial charge in [0.25, 0.3) is 5.91 Å². The zero-order valence-electron chi connectivity index (χ0n) is 11.7. The van der Waals surface area contributed by atoms with E-state index in [0.29, 0.717) is 0 Å². The first-order chi connectivity index (χ1) is 9.43. The van der Waals surface area contributed by atoms with Crippen LogP contribution in [0.4, 0.5) is 17.6 Å². The van der Waals surface area contributed by atoms with Gasteiger partial charge in [-0.25, -0.2) is 12.8 Å². The molecule has 0 fully saturated rings. The molecule has 1 atom stereocenters. The first kappa shape index (κ1) is 23.4. The third kappa shape index (κ3) is 5.10. The van der Waals surface area contributed by atoms with Gasteiger partial charge in [0.2, 0.25) is 0 Å². The summed E-state index contributed by atoms with van der Waals surface area (Å²) in [5.41, 5.74) is 0. The number of carbonyl (C=O) groups excluding carboxylic acids is 1. The van der Waals surface area contributed by atoms with Gasteiger partial charge in [-0.15, -0.1) is 0 Å². The van der Waals surface area contributed by atoms with Crippen molar-refractivity contribution in [3.8, 4) is 6.07 Å². The number of alkyl halides is 4. The van der Waals surface area contributed by atoms with Crippen LogP contribution in [0.15, 0.2) is 0 Å². The molecule has 0 aliphatic heterocycles. The third-order valence-corrected chi connectivity index (χ3v) is 3.43. The molecule has 0 bridgehead atoms. The van der Waals surface area contributed by atoms with Crippen LogP contribution in [0.2, 0.25) is 0 Å². The van der Waals surface area contributed by atoms with Gasteiger partial charge in [-0.3, -0.25) is 4.79 Å². The molecule has 0 rings (SSSR count). The summed E-state index contributed by atoms with van der Waals surface area (Å²) >= 11 is 0. The Morgan fingerprint density at radius 1 is 1.32 bits per heavy atom. The summed E-state index contributed by atoms with van der Waals surface area (Å²) in [5.74, 6) is -2.59. The molecular formula is C9H11F4LiN2O5S. The van der Waals surface area contributed by atoms with E-state index in [2.05, 4.69) is 4.74 Å². The number of hydrogen-bond acceptors (Lipinski definition) is 6. The molecule has 0 aromatic rings. The summed E-state index contributed by atoms with van der Waals surface area (Å²) in [4.78, 5) is 11.7. The molecule has 1 unspecified atom stereocenters. The fraction of sp³-hybridized carbons (Fsp3) is 0.778. The maximum Gasteiger partial charge on any atom is 1.00 e. The van der Waals surface area contributed by atoms with Crippen LogP contribution < -0.4 is 18.9 Å². The number of carbonyl (C=O) groups is 1. The average Bonchev–Trinajstić information content (AvgIpc) is 2.34. The maximum absolute atomic E-state index is 13.8. The van der Waals surface area contributed by atoms with Gasteiger partial charge in [-0.2, -0.15) is 18.4 Å². The minimum atomic E-state index is -6.67. The van der Waals surface area contributed by atoms with Gasteiger partial charge >= 0.3 is 30.0 Å². The van der Waals surface area contributed by atoms with Crippen molar-refractivity contribution in [2.24, 2.45) is 0 Å². The smallest absolute Gasteiger partial charge is 0.745 e. The number of halogens is 4. The Morgan fingerprint density at radius 2 is 1.82 bits per heavy atom. The Labute approximate surface area is 136 Å². The fourth-order valence-corrected chi connectivity index (χ4v) is 1.90. The topological polar surface area (TPSA) is 111 Å². The van der Waals surface area contributed by atoms with Gasteiger partial charge in [-0.1, -0.05) is 0 Å². The van der Waals surface area contributed by atoms with E-state index in [1.54, 1.807) is 0 Å². The maximum atomic E-state index is 13.8. The van der Waals surface area contributed by atoms with Crippen molar-refractivity contribution in [1.82, 2.24) is 4.90 Å². The summed E-state index contributed by atoms with van der Waals surface area (Å²) in [6.45, 7) is -1.64. The second kappa shape index (κ2) is 8.69. The van der Waals surface area contributed by atoms with Crippen molar-refractivity contribution in [1.29, 1.82) is 5.26 Å². The van der Waals surface area contributed by atoms with E-state index < -0.39 is 46.7 Å². The predicted octanol–water partition coefficient (Wildman–Crippen LogP) is -2.85. The Bertz CT molecular complexity index is 521. The number of amides is 1. The standard InChI is InChI=1S/C9H12F4N2O5S.Li/c1-20-6-5-15(4-2-3-14)7(16)8(10,9(11,12)13)21(17,18)19;/h2,4-6H2,1H3,(H,17,18,19);/q;+1/p-1. The molecule has 0 heterocycles. The Hall–Kier alpha value is -0.853. The Kier molecular flexibility index (Phi) is 9.25. The quantitative estimate of drug-likeness (QED) is 0.280. The average molecular weight is 342 g/mol. The van der Waals surface area contributed by atoms with Crippen molar-refractivity contribution in [3.05, 3.63) is 0 Å². The number of rotatable bonds is 7. The zero-order chi connectivity index (χ0) is 16.9. The van der Waals surface area contributed by atoms with Crippen LogP contribution in [0.3, 0.4) is 0 Å². The molecule has 0 spiro atoms. The van der Waals surface area contributed by atoms with Gasteiger partial charge in [0, 0.05) is 20.2 Å². The van der Waals surface area contributed by atoms with Crippen molar-refractivity contribution >= 4 is 16.0 Å². The van der Waals surface area contributed by atoms with Crippen molar-refractivity contribution < 1.29 is 58.9 Å². The molecule has 13 heteroatoms. The summed E-state index contributed by atoms with van der Waals surface area (Å²) in [5, 5.41) is 2.72. The molecule has 22 heavy (non-hydrogen) atoms. The van der Waals surface area contributed by atoms with Crippen LogP contribution in [-0.4, -0.2) is 61.8 Å². The molecule has 0 aromatic carbocycles. The van der Waals surface area contributed by atoms with Crippen LogP contribution in [0.25, 0.3) is 0 Å². The molecule has 0 aliphatic rings. The molecule has 122 valence electrons. The SMILES string of the molecule is COCCN(CCC#N)C(=O)C(F)(C(F)(F)F)S(=O)(=O)[O-].[Li+]. The van der Waals surface area contributed by atoms with Gasteiger partial charge in [0.1, 0.15) is 10.1 Å². The molecule has 0 saturated heterocycles. The van der Waals surface area contributed by atoms with Crippen molar-refractivity contribution in [3.63, 3.8) is 0 Å². The zero-order valence-corrected chi connectivity index (χ0v) is 12.5. The van der Waals surface area contributed by atoms with Crippen LogP contribution >= 0.6 is 0 Å². The minimum absolute atomic E-state index is 0. The van der Waals surface area contributed by atoms with Crippen molar-refractivity contribution in [2.75, 3.05) is 26.8 Å². The summed E-state index contributed by atoms with van der Waals surface area (Å²) in [6.07, 6.45) is -6.73. The molecule has 0 radical (unpaired) electrons. The van der Waals surface area contributed by atoms with E-state index in [-0.39, 0.29) is 30.4 Å². The van der Waals surface area contributed by atoms with Crippen LogP contribution in [0, 0.1) is 11.3 Å². The van der Waals surface area contributed by atoms with E-state index in [9.17, 15) is 35.3 Å². The molecule has 0 saturated carbocycles. The van der Waals surface area contributed by atoms with Gasteiger partial charge < -0.3 is 14.2 Å². The third-order valence-electron chi connectivity index (χ3n) is 2.33. The number of hydrogen-bond donors (Lipinski definition) is 0. The molecule has 1 amide bonds. The summed E-state index contributed by atoms with van der Waals surface area (Å²) < 4.78 is 87.7. The van der Waals surface area contributed by atoms with E-state index >= 15 is 0 Å². The molecule has 0 N–H and O–H groups in total. The monoisotopic (exact) mass is 342 g/mol. The Morgan fingerprint density at radius 3 is 2.14 bits per heavy atom. The molecule has 7 nitrogen and oxygen atoms in total. The number of nitriles is 1. The fourth-order valence-electron chi connectivity index (χ4n) is 1.27. The van der Waals surface area contributed by atoms with E-state index in [4.69, 9.17) is 5.26 Å². The van der Waals surface area contributed by atoms with Crippen LogP contribution in [-0.2, 0) is 19.6 Å². The molecule has 0 aliphatic carbocycles. The summed E-state index contributed by atoms with van der Waals surface area (Å²) in [7, 11) is -5.54. The largest absolute Gasteiger partial charge is 1.00 e. The van der Waals surface area contributed by atoms with Crippen LogP contribution in [0.1, 0.15) is 6.42 Å².